The Bertz CT molecular complexity index is 932. The molecule has 2 N–H and O–H groups in total. The van der Waals surface area contributed by atoms with E-state index >= 15 is 0 Å². The van der Waals surface area contributed by atoms with Crippen LogP contribution in [0, 0.1) is 6.92 Å². The van der Waals surface area contributed by atoms with Gasteiger partial charge in [0.1, 0.15) is 0 Å². The molecule has 0 bridgehead atoms. The molecule has 0 aliphatic carbocycles. The van der Waals surface area contributed by atoms with Crippen LogP contribution in [0.25, 0.3) is 22.0 Å². The van der Waals surface area contributed by atoms with Crippen LogP contribution in [0.15, 0.2) is 60.3 Å². The Labute approximate surface area is 151 Å². The lowest BCUT2D eigenvalue weighted by atomic mass is 9.93. The number of hydrogen-bond acceptors (Lipinski definition) is 1. The number of aromatic nitrogens is 1. The van der Waals surface area contributed by atoms with Gasteiger partial charge in [-0.05, 0) is 63.4 Å². The van der Waals surface area contributed by atoms with E-state index in [2.05, 4.69) is 93.9 Å². The minimum Gasteiger partial charge on any atom is -0.343 e. The number of aryl methyl sites for hydroxylation is 1. The summed E-state index contributed by atoms with van der Waals surface area (Å²) in [7, 11) is 0. The van der Waals surface area contributed by atoms with Crippen LogP contribution in [-0.2, 0) is 12.1 Å². The van der Waals surface area contributed by atoms with Crippen molar-refractivity contribution in [2.75, 3.05) is 0 Å². The molecular formula is C23H28N2. The van der Waals surface area contributed by atoms with Crippen molar-refractivity contribution in [3.8, 4) is 11.1 Å². The number of allylic oxidation sites excluding steroid dienone is 2. The summed E-state index contributed by atoms with van der Waals surface area (Å²) in [5.41, 5.74) is 13.6. The summed E-state index contributed by atoms with van der Waals surface area (Å²) in [5.74, 6) is 0. The third-order valence-electron chi connectivity index (χ3n) is 4.62. The van der Waals surface area contributed by atoms with Crippen molar-refractivity contribution in [2.24, 2.45) is 5.73 Å². The molecule has 0 fully saturated rings. The average Bonchev–Trinajstić information content (AvgIpc) is 2.91. The number of nitrogens with zero attached hydrogens (tertiary/aromatic N) is 1. The van der Waals surface area contributed by atoms with Crippen LogP contribution in [0.4, 0.5) is 0 Å². The van der Waals surface area contributed by atoms with Gasteiger partial charge in [-0.3, -0.25) is 0 Å². The molecule has 130 valence electrons. The highest BCUT2D eigenvalue weighted by Crippen LogP contribution is 2.33. The minimum atomic E-state index is -0.375. The summed E-state index contributed by atoms with van der Waals surface area (Å²) in [6.45, 7) is 11.4. The molecule has 0 atom stereocenters. The van der Waals surface area contributed by atoms with E-state index in [0.717, 1.165) is 6.54 Å². The van der Waals surface area contributed by atoms with Gasteiger partial charge < -0.3 is 10.3 Å². The molecule has 0 unspecified atom stereocenters. The third-order valence-corrected chi connectivity index (χ3v) is 4.62. The molecule has 0 aliphatic rings. The Balaban J connectivity index is 2.19. The zero-order chi connectivity index (χ0) is 18.2. The molecule has 0 saturated carbocycles. The predicted molar refractivity (Wildman–Crippen MR) is 109 cm³/mol. The second kappa shape index (κ2) is 6.53. The zero-order valence-corrected chi connectivity index (χ0v) is 15.9. The first-order chi connectivity index (χ1) is 11.8. The predicted octanol–water partition coefficient (Wildman–Crippen LogP) is 5.78. The highest BCUT2D eigenvalue weighted by molar-refractivity contribution is 5.89. The van der Waals surface area contributed by atoms with Gasteiger partial charge in [-0.2, -0.15) is 0 Å². The van der Waals surface area contributed by atoms with Gasteiger partial charge in [0.2, 0.25) is 0 Å². The zero-order valence-electron chi connectivity index (χ0n) is 15.9. The Morgan fingerprint density at radius 2 is 1.80 bits per heavy atom. The molecular weight excluding hydrogens is 304 g/mol. The molecule has 0 spiro atoms. The quantitative estimate of drug-likeness (QED) is 0.603. The summed E-state index contributed by atoms with van der Waals surface area (Å²) < 4.78 is 2.30. The molecule has 0 saturated heterocycles. The number of nitrogens with two attached hydrogens (primary N) is 1. The summed E-state index contributed by atoms with van der Waals surface area (Å²) in [6, 6.07) is 15.4. The fraction of sp³-hybridized carbons (Fsp3) is 0.304. The van der Waals surface area contributed by atoms with Gasteiger partial charge in [-0.25, -0.2) is 0 Å². The first kappa shape index (κ1) is 17.5. The van der Waals surface area contributed by atoms with Crippen LogP contribution in [0.1, 0.15) is 38.8 Å². The van der Waals surface area contributed by atoms with Crippen LogP contribution in [0.3, 0.4) is 0 Å². The largest absolute Gasteiger partial charge is 0.343 e. The van der Waals surface area contributed by atoms with Gasteiger partial charge in [0.25, 0.3) is 0 Å². The second-order valence-electron chi connectivity index (χ2n) is 7.80. The van der Waals surface area contributed by atoms with Gasteiger partial charge in [0.15, 0.2) is 0 Å². The van der Waals surface area contributed by atoms with Gasteiger partial charge >= 0.3 is 0 Å². The van der Waals surface area contributed by atoms with Crippen LogP contribution in [0.2, 0.25) is 0 Å². The molecule has 1 aromatic heterocycles. The first-order valence-electron chi connectivity index (χ1n) is 8.88. The van der Waals surface area contributed by atoms with Crippen LogP contribution in [-0.4, -0.2) is 4.57 Å². The summed E-state index contributed by atoms with van der Waals surface area (Å²) in [4.78, 5) is 0. The van der Waals surface area contributed by atoms with Crippen molar-refractivity contribution in [3.05, 3.63) is 71.4 Å². The lowest BCUT2D eigenvalue weighted by Gasteiger charge is -2.18. The molecule has 25 heavy (non-hydrogen) atoms. The van der Waals surface area contributed by atoms with Gasteiger partial charge in [-0.1, -0.05) is 47.5 Å². The Morgan fingerprint density at radius 1 is 1.08 bits per heavy atom. The maximum Gasteiger partial charge on any atom is 0.0487 e. The van der Waals surface area contributed by atoms with Gasteiger partial charge in [0.05, 0.1) is 0 Å². The molecule has 0 amide bonds. The summed E-state index contributed by atoms with van der Waals surface area (Å²) >= 11 is 0. The van der Waals surface area contributed by atoms with Crippen molar-refractivity contribution in [1.82, 2.24) is 4.57 Å². The molecule has 1 heterocycles. The summed E-state index contributed by atoms with van der Waals surface area (Å²) in [5, 5.41) is 1.24. The monoisotopic (exact) mass is 332 g/mol. The molecule has 2 aromatic carbocycles. The smallest absolute Gasteiger partial charge is 0.0487 e. The minimum absolute atomic E-state index is 0.375. The maximum absolute atomic E-state index is 6.48. The number of benzene rings is 2. The van der Waals surface area contributed by atoms with Crippen molar-refractivity contribution in [3.63, 3.8) is 0 Å². The Morgan fingerprint density at radius 3 is 2.44 bits per heavy atom. The van der Waals surface area contributed by atoms with E-state index in [-0.39, 0.29) is 5.54 Å². The van der Waals surface area contributed by atoms with Crippen LogP contribution in [0.5, 0.6) is 0 Å². The number of hydrogen-bond donors (Lipinski definition) is 1. The fourth-order valence-corrected chi connectivity index (χ4v) is 3.25. The van der Waals surface area contributed by atoms with Crippen LogP contribution >= 0.6 is 0 Å². The standard InChI is InChI=1S/C23H28N2/c1-16(2)11-12-25-15-21(23(4,5)24)20-14-19(9-10-22(20)25)18-8-6-7-17(3)13-18/h6-11,13-15H,12,24H2,1-5H3. The highest BCUT2D eigenvalue weighted by atomic mass is 15.0. The van der Waals surface area contributed by atoms with E-state index in [4.69, 9.17) is 5.73 Å². The number of fused-ring (bicyclic) bond motifs is 1. The van der Waals surface area contributed by atoms with Crippen molar-refractivity contribution < 1.29 is 0 Å². The fourth-order valence-electron chi connectivity index (χ4n) is 3.25. The molecule has 3 rings (SSSR count). The topological polar surface area (TPSA) is 30.9 Å². The van der Waals surface area contributed by atoms with E-state index in [1.165, 1.54) is 38.7 Å². The lowest BCUT2D eigenvalue weighted by molar-refractivity contribution is 0.557. The Kier molecular flexibility index (Phi) is 4.57. The van der Waals surface area contributed by atoms with Gasteiger partial charge in [-0.15, -0.1) is 0 Å². The molecule has 2 heteroatoms. The molecule has 0 aliphatic heterocycles. The van der Waals surface area contributed by atoms with E-state index in [1.807, 2.05) is 0 Å². The van der Waals surface area contributed by atoms with Crippen molar-refractivity contribution >= 4 is 10.9 Å². The van der Waals surface area contributed by atoms with E-state index in [0.29, 0.717) is 0 Å². The first-order valence-corrected chi connectivity index (χ1v) is 8.88. The van der Waals surface area contributed by atoms with E-state index in [9.17, 15) is 0 Å². The SMILES string of the molecule is CC(C)=CCn1cc(C(C)(C)N)c2cc(-c3cccc(C)c3)ccc21. The van der Waals surface area contributed by atoms with Crippen LogP contribution < -0.4 is 5.73 Å². The molecule has 2 nitrogen and oxygen atoms in total. The van der Waals surface area contributed by atoms with Crippen molar-refractivity contribution in [2.45, 2.75) is 46.7 Å². The number of rotatable bonds is 4. The third kappa shape index (κ3) is 3.69. The van der Waals surface area contributed by atoms with Crippen molar-refractivity contribution in [1.29, 1.82) is 0 Å². The Hall–Kier alpha value is -2.32. The van der Waals surface area contributed by atoms with Gasteiger partial charge in [0, 0.05) is 29.2 Å². The summed E-state index contributed by atoms with van der Waals surface area (Å²) in [6.07, 6.45) is 4.46. The van der Waals surface area contributed by atoms with E-state index < -0.39 is 0 Å². The second-order valence-corrected chi connectivity index (χ2v) is 7.80. The van der Waals surface area contributed by atoms with E-state index in [1.54, 1.807) is 0 Å². The maximum atomic E-state index is 6.48. The highest BCUT2D eigenvalue weighted by Gasteiger charge is 2.21. The molecule has 3 aromatic rings. The molecule has 0 radical (unpaired) electrons. The lowest BCUT2D eigenvalue weighted by Crippen LogP contribution is -2.28. The normalized spacial score (nSPS) is 11.8. The average molecular weight is 332 g/mol.